The second kappa shape index (κ2) is 9.51. The molecule has 1 spiro atoms. The van der Waals surface area contributed by atoms with Gasteiger partial charge in [0, 0.05) is 42.6 Å². The highest BCUT2D eigenvalue weighted by molar-refractivity contribution is 6.32. The average Bonchev–Trinajstić information content (AvgIpc) is 3.61. The summed E-state index contributed by atoms with van der Waals surface area (Å²) in [7, 11) is 1.99. The zero-order valence-electron chi connectivity index (χ0n) is 23.6. The summed E-state index contributed by atoms with van der Waals surface area (Å²) >= 11 is 6.58. The van der Waals surface area contributed by atoms with Gasteiger partial charge in [0.1, 0.15) is 40.9 Å². The zero-order chi connectivity index (χ0) is 28.8. The smallest absolute Gasteiger partial charge is 0.319 e. The van der Waals surface area contributed by atoms with Crippen molar-refractivity contribution in [3.8, 4) is 28.9 Å². The molecule has 5 aliphatic rings. The summed E-state index contributed by atoms with van der Waals surface area (Å²) in [6, 6.07) is 3.06. The van der Waals surface area contributed by atoms with Crippen molar-refractivity contribution in [1.82, 2.24) is 19.9 Å². The first-order valence-electron chi connectivity index (χ1n) is 15.1. The molecule has 3 aromatic rings. The number of aromatic hydroxyl groups is 1. The molecule has 0 bridgehead atoms. The van der Waals surface area contributed by atoms with E-state index in [2.05, 4.69) is 14.8 Å². The van der Waals surface area contributed by atoms with Gasteiger partial charge in [0.15, 0.2) is 5.82 Å². The van der Waals surface area contributed by atoms with Crippen LogP contribution in [0.3, 0.4) is 0 Å². The first kappa shape index (κ1) is 26.6. The van der Waals surface area contributed by atoms with E-state index in [0.717, 1.165) is 63.5 Å². The zero-order valence-corrected chi connectivity index (χ0v) is 24.4. The molecule has 0 amide bonds. The predicted octanol–water partition coefficient (Wildman–Crippen LogP) is 6.16. The molecule has 2 aromatic heterocycles. The third-order valence-electron chi connectivity index (χ3n) is 10.4. The Labute approximate surface area is 248 Å². The van der Waals surface area contributed by atoms with Gasteiger partial charge in [-0.15, -0.1) is 0 Å². The Kier molecular flexibility index (Phi) is 6.03. The van der Waals surface area contributed by atoms with Gasteiger partial charge in [0.25, 0.3) is 0 Å². The van der Waals surface area contributed by atoms with Crippen molar-refractivity contribution >= 4 is 28.3 Å². The number of anilines is 1. The number of hydrogen-bond donors (Lipinski definition) is 1. The van der Waals surface area contributed by atoms with Gasteiger partial charge in [-0.3, -0.25) is 4.90 Å². The van der Waals surface area contributed by atoms with Crippen LogP contribution < -0.4 is 14.4 Å². The summed E-state index contributed by atoms with van der Waals surface area (Å²) in [6.45, 7) is 1.93. The Hall–Kier alpha value is -2.98. The van der Waals surface area contributed by atoms with Crippen molar-refractivity contribution in [2.75, 3.05) is 38.3 Å². The maximum Gasteiger partial charge on any atom is 0.319 e. The summed E-state index contributed by atoms with van der Waals surface area (Å²) in [5, 5.41) is 11.2. The van der Waals surface area contributed by atoms with Crippen molar-refractivity contribution in [3.05, 3.63) is 28.5 Å². The number of benzene rings is 1. The van der Waals surface area contributed by atoms with Crippen molar-refractivity contribution in [1.29, 1.82) is 0 Å². The van der Waals surface area contributed by atoms with E-state index in [1.54, 1.807) is 0 Å². The van der Waals surface area contributed by atoms with Crippen LogP contribution in [0.5, 0.6) is 17.6 Å². The fraction of sp³-hybridized carbons (Fsp3) is 0.581. The number of phenols is 1. The molecule has 42 heavy (non-hydrogen) atoms. The molecular weight excluding hydrogens is 564 g/mol. The van der Waals surface area contributed by atoms with E-state index >= 15 is 4.39 Å². The highest BCUT2D eigenvalue weighted by atomic mass is 35.5. The van der Waals surface area contributed by atoms with E-state index in [4.69, 9.17) is 31.0 Å². The molecule has 8 nitrogen and oxygen atoms in total. The highest BCUT2D eigenvalue weighted by Crippen LogP contribution is 2.51. The van der Waals surface area contributed by atoms with Gasteiger partial charge in [-0.2, -0.15) is 9.97 Å². The van der Waals surface area contributed by atoms with Gasteiger partial charge in [-0.1, -0.05) is 11.6 Å². The van der Waals surface area contributed by atoms with Crippen LogP contribution in [0.25, 0.3) is 22.2 Å². The van der Waals surface area contributed by atoms with Crippen LogP contribution in [0.2, 0.25) is 5.02 Å². The summed E-state index contributed by atoms with van der Waals surface area (Å²) in [5.41, 5.74) is 0.767. The van der Waals surface area contributed by atoms with E-state index in [1.807, 2.05) is 7.05 Å². The van der Waals surface area contributed by atoms with Gasteiger partial charge >= 0.3 is 6.01 Å². The lowest BCUT2D eigenvalue weighted by atomic mass is 9.73. The topological polar surface area (TPSA) is 83.8 Å². The molecule has 0 unspecified atom stereocenters. The van der Waals surface area contributed by atoms with Crippen LogP contribution in [0.15, 0.2) is 12.1 Å². The quantitative estimate of drug-likeness (QED) is 0.374. The van der Waals surface area contributed by atoms with Gasteiger partial charge < -0.3 is 19.5 Å². The Morgan fingerprint density at radius 3 is 2.74 bits per heavy atom. The molecule has 8 rings (SSSR count). The standard InChI is InChI=1S/C31H34ClF2N5O3/c1-38-27-23-26(36-29(37-27)42-16-31-8-3-10-39(31)15-18(33)14-31)24(34)25(35-28(23)41-11-9-30(38)6-2-7-30)20-12-19(40)13-21(32)22(20)17-4-5-17/h12-13,17-18,40H,2-11,14-16H2,1H3/t18-,31+/m1/s1. The summed E-state index contributed by atoms with van der Waals surface area (Å²) in [6.07, 6.45) is 7.10. The number of nitrogens with zero attached hydrogens (tertiary/aromatic N) is 5. The molecule has 11 heteroatoms. The van der Waals surface area contributed by atoms with Crippen LogP contribution in [0, 0.1) is 5.82 Å². The Morgan fingerprint density at radius 2 is 1.98 bits per heavy atom. The number of ether oxygens (including phenoxy) is 2. The molecule has 2 saturated carbocycles. The monoisotopic (exact) mass is 597 g/mol. The van der Waals surface area contributed by atoms with Gasteiger partial charge in [-0.25, -0.2) is 13.8 Å². The number of aromatic nitrogens is 3. The number of rotatable bonds is 5. The van der Waals surface area contributed by atoms with Crippen molar-refractivity contribution in [2.24, 2.45) is 0 Å². The first-order valence-corrected chi connectivity index (χ1v) is 15.5. The van der Waals surface area contributed by atoms with Crippen LogP contribution in [0.1, 0.15) is 69.3 Å². The van der Waals surface area contributed by atoms with Crippen molar-refractivity contribution in [3.63, 3.8) is 0 Å². The lowest BCUT2D eigenvalue weighted by Gasteiger charge is -2.50. The maximum atomic E-state index is 16.8. The number of alkyl halides is 1. The van der Waals surface area contributed by atoms with E-state index in [0.29, 0.717) is 41.4 Å². The average molecular weight is 598 g/mol. The fourth-order valence-electron chi connectivity index (χ4n) is 7.83. The highest BCUT2D eigenvalue weighted by Gasteiger charge is 2.50. The van der Waals surface area contributed by atoms with E-state index < -0.39 is 17.5 Å². The number of pyridine rings is 1. The molecule has 5 heterocycles. The second-order valence-corrected chi connectivity index (χ2v) is 13.3. The summed E-state index contributed by atoms with van der Waals surface area (Å²) in [5.74, 6) is 0.246. The molecule has 4 fully saturated rings. The minimum Gasteiger partial charge on any atom is -0.508 e. The van der Waals surface area contributed by atoms with Crippen LogP contribution in [-0.2, 0) is 0 Å². The Bertz CT molecular complexity index is 1600. The minimum atomic E-state index is -0.884. The Balaban J connectivity index is 1.30. The first-order chi connectivity index (χ1) is 20.3. The van der Waals surface area contributed by atoms with Crippen LogP contribution >= 0.6 is 11.6 Å². The third kappa shape index (κ3) is 4.04. The Morgan fingerprint density at radius 1 is 1.14 bits per heavy atom. The van der Waals surface area contributed by atoms with Crippen molar-refractivity contribution in [2.45, 2.75) is 81.0 Å². The lowest BCUT2D eigenvalue weighted by Crippen LogP contribution is -2.54. The van der Waals surface area contributed by atoms with E-state index in [-0.39, 0.29) is 46.9 Å². The van der Waals surface area contributed by atoms with Gasteiger partial charge in [-0.05, 0) is 75.1 Å². The minimum absolute atomic E-state index is 0.0333. The third-order valence-corrected chi connectivity index (χ3v) is 10.7. The van der Waals surface area contributed by atoms with Crippen molar-refractivity contribution < 1.29 is 23.4 Å². The molecule has 2 saturated heterocycles. The van der Waals surface area contributed by atoms with E-state index in [1.165, 1.54) is 12.1 Å². The number of fused-ring (bicyclic) bond motifs is 1. The fourth-order valence-corrected chi connectivity index (χ4v) is 8.20. The second-order valence-electron chi connectivity index (χ2n) is 12.9. The molecule has 2 aliphatic carbocycles. The summed E-state index contributed by atoms with van der Waals surface area (Å²) in [4.78, 5) is 18.5. The lowest BCUT2D eigenvalue weighted by molar-refractivity contribution is 0.107. The van der Waals surface area contributed by atoms with E-state index in [9.17, 15) is 9.50 Å². The van der Waals surface area contributed by atoms with Crippen LogP contribution in [-0.4, -0.2) is 75.6 Å². The number of hydrogen-bond acceptors (Lipinski definition) is 8. The van der Waals surface area contributed by atoms with Gasteiger partial charge in [0.05, 0.1) is 12.1 Å². The predicted molar refractivity (Wildman–Crippen MR) is 155 cm³/mol. The van der Waals surface area contributed by atoms with Gasteiger partial charge in [0.2, 0.25) is 5.88 Å². The molecular formula is C31H34ClF2N5O3. The molecule has 0 radical (unpaired) electrons. The van der Waals surface area contributed by atoms with Crippen LogP contribution in [0.4, 0.5) is 14.6 Å². The summed E-state index contributed by atoms with van der Waals surface area (Å²) < 4.78 is 43.7. The molecule has 1 N–H and O–H groups in total. The molecule has 2 atom stereocenters. The number of halogens is 3. The molecule has 222 valence electrons. The normalized spacial score (nSPS) is 26.6. The molecule has 1 aromatic carbocycles. The number of phenolic OH excluding ortho intramolecular Hbond substituents is 1. The molecule has 3 aliphatic heterocycles. The largest absolute Gasteiger partial charge is 0.508 e. The maximum absolute atomic E-state index is 16.8. The SMILES string of the molecule is CN1c2nc(OC[C@@]34CCCN3C[C@H](F)C4)nc3c(F)c(-c4cc(O)cc(Cl)c4C4CC4)nc(c23)OCCC12CCC2.